The lowest BCUT2D eigenvalue weighted by molar-refractivity contribution is -0.132. The van der Waals surface area contributed by atoms with E-state index in [4.69, 9.17) is 4.42 Å². The lowest BCUT2D eigenvalue weighted by Gasteiger charge is -2.22. The molecular formula is C20H19NO3S. The van der Waals surface area contributed by atoms with Gasteiger partial charge in [0.1, 0.15) is 5.76 Å². The number of hydrogen-bond acceptors (Lipinski definition) is 4. The first-order chi connectivity index (χ1) is 12.2. The Morgan fingerprint density at radius 3 is 2.44 bits per heavy atom. The number of benzene rings is 1. The minimum atomic E-state index is -0.0508. The summed E-state index contributed by atoms with van der Waals surface area (Å²) < 4.78 is 5.38. The van der Waals surface area contributed by atoms with Crippen molar-refractivity contribution < 1.29 is 14.0 Å². The van der Waals surface area contributed by atoms with Gasteiger partial charge in [-0.2, -0.15) is 0 Å². The van der Waals surface area contributed by atoms with Gasteiger partial charge in [0.25, 0.3) is 0 Å². The molecule has 0 fully saturated rings. The van der Waals surface area contributed by atoms with E-state index in [1.54, 1.807) is 23.3 Å². The summed E-state index contributed by atoms with van der Waals surface area (Å²) in [5.41, 5.74) is 1.05. The molecule has 3 rings (SSSR count). The third-order valence-electron chi connectivity index (χ3n) is 3.86. The van der Waals surface area contributed by atoms with Gasteiger partial charge in [0.15, 0.2) is 5.78 Å². The van der Waals surface area contributed by atoms with Crippen LogP contribution in [0.15, 0.2) is 70.7 Å². The maximum Gasteiger partial charge on any atom is 0.223 e. The van der Waals surface area contributed by atoms with Gasteiger partial charge in [0.2, 0.25) is 5.91 Å². The van der Waals surface area contributed by atoms with Crippen LogP contribution in [0.3, 0.4) is 0 Å². The van der Waals surface area contributed by atoms with Gasteiger partial charge in [-0.1, -0.05) is 36.4 Å². The lowest BCUT2D eigenvalue weighted by Crippen LogP contribution is -2.30. The molecule has 25 heavy (non-hydrogen) atoms. The molecule has 0 spiro atoms. The van der Waals surface area contributed by atoms with Crippen molar-refractivity contribution in [3.63, 3.8) is 0 Å². The van der Waals surface area contributed by atoms with Crippen molar-refractivity contribution in [2.75, 3.05) is 0 Å². The van der Waals surface area contributed by atoms with E-state index < -0.39 is 0 Å². The Hall–Kier alpha value is -2.66. The molecular weight excluding hydrogens is 334 g/mol. The van der Waals surface area contributed by atoms with Crippen molar-refractivity contribution in [3.05, 3.63) is 82.4 Å². The molecule has 0 aliphatic carbocycles. The van der Waals surface area contributed by atoms with Crippen molar-refractivity contribution in [2.45, 2.75) is 25.9 Å². The first kappa shape index (κ1) is 17.2. The topological polar surface area (TPSA) is 50.5 Å². The highest BCUT2D eigenvalue weighted by molar-refractivity contribution is 7.12. The first-order valence-corrected chi connectivity index (χ1v) is 9.01. The quantitative estimate of drug-likeness (QED) is 0.559. The van der Waals surface area contributed by atoms with E-state index >= 15 is 0 Å². The summed E-state index contributed by atoms with van der Waals surface area (Å²) in [5, 5.41) is 1.87. The SMILES string of the molecule is O=C(CCC(=O)N(Cc1ccccc1)Cc1ccco1)c1cccs1. The van der Waals surface area contributed by atoms with Crippen molar-refractivity contribution in [1.29, 1.82) is 0 Å². The van der Waals surface area contributed by atoms with Crippen LogP contribution in [-0.4, -0.2) is 16.6 Å². The molecule has 0 aliphatic heterocycles. The van der Waals surface area contributed by atoms with Crippen molar-refractivity contribution in [2.24, 2.45) is 0 Å². The molecule has 0 saturated carbocycles. The van der Waals surface area contributed by atoms with E-state index in [1.165, 1.54) is 11.3 Å². The molecule has 5 heteroatoms. The van der Waals surface area contributed by atoms with Gasteiger partial charge in [-0.15, -0.1) is 11.3 Å². The molecule has 0 N–H and O–H groups in total. The Morgan fingerprint density at radius 2 is 1.76 bits per heavy atom. The average molecular weight is 353 g/mol. The summed E-state index contributed by atoms with van der Waals surface area (Å²) >= 11 is 1.41. The minimum absolute atomic E-state index is 0.0148. The fraction of sp³-hybridized carbons (Fsp3) is 0.200. The predicted octanol–water partition coefficient (Wildman–Crippen LogP) is 4.53. The van der Waals surface area contributed by atoms with E-state index in [2.05, 4.69) is 0 Å². The lowest BCUT2D eigenvalue weighted by atomic mass is 10.1. The van der Waals surface area contributed by atoms with Gasteiger partial charge in [-0.05, 0) is 29.1 Å². The van der Waals surface area contributed by atoms with Gasteiger partial charge in [0, 0.05) is 19.4 Å². The zero-order valence-electron chi connectivity index (χ0n) is 13.8. The third kappa shape index (κ3) is 4.90. The Kier molecular flexibility index (Phi) is 5.80. The molecule has 0 aliphatic rings. The van der Waals surface area contributed by atoms with Gasteiger partial charge in [-0.3, -0.25) is 9.59 Å². The first-order valence-electron chi connectivity index (χ1n) is 8.13. The fourth-order valence-electron chi connectivity index (χ4n) is 2.57. The summed E-state index contributed by atoms with van der Waals surface area (Å²) in [6.45, 7) is 0.890. The minimum Gasteiger partial charge on any atom is -0.467 e. The number of rotatable bonds is 8. The monoisotopic (exact) mass is 353 g/mol. The second-order valence-corrected chi connectivity index (χ2v) is 6.66. The van der Waals surface area contributed by atoms with Crippen LogP contribution in [0.2, 0.25) is 0 Å². The van der Waals surface area contributed by atoms with E-state index in [0.29, 0.717) is 18.0 Å². The van der Waals surface area contributed by atoms with Gasteiger partial charge >= 0.3 is 0 Å². The Balaban J connectivity index is 1.64. The number of hydrogen-bond donors (Lipinski definition) is 0. The van der Waals surface area contributed by atoms with Crippen LogP contribution in [0.4, 0.5) is 0 Å². The maximum absolute atomic E-state index is 12.7. The molecule has 3 aromatic rings. The normalized spacial score (nSPS) is 10.6. The standard InChI is InChI=1S/C20H19NO3S/c22-18(19-9-5-13-25-19)10-11-20(23)21(15-17-8-4-12-24-17)14-16-6-2-1-3-7-16/h1-9,12-13H,10-11,14-15H2. The summed E-state index contributed by atoms with van der Waals surface area (Å²) in [5.74, 6) is 0.694. The van der Waals surface area contributed by atoms with Gasteiger partial charge in [0.05, 0.1) is 17.7 Å². The van der Waals surface area contributed by atoms with Crippen molar-refractivity contribution in [3.8, 4) is 0 Å². The highest BCUT2D eigenvalue weighted by Crippen LogP contribution is 2.16. The predicted molar refractivity (Wildman–Crippen MR) is 97.3 cm³/mol. The molecule has 1 amide bonds. The summed E-state index contributed by atoms with van der Waals surface area (Å²) in [7, 11) is 0. The Labute approximate surface area is 150 Å². The summed E-state index contributed by atoms with van der Waals surface area (Å²) in [4.78, 5) is 27.2. The number of amides is 1. The molecule has 0 atom stereocenters. The third-order valence-corrected chi connectivity index (χ3v) is 4.77. The van der Waals surface area contributed by atoms with Crippen LogP contribution < -0.4 is 0 Å². The number of furan rings is 1. The summed E-state index contributed by atoms with van der Waals surface area (Å²) in [6.07, 6.45) is 2.02. The molecule has 2 aromatic heterocycles. The average Bonchev–Trinajstić information content (AvgIpc) is 3.33. The van der Waals surface area contributed by atoms with Gasteiger partial charge < -0.3 is 9.32 Å². The number of ketones is 1. The van der Waals surface area contributed by atoms with Crippen molar-refractivity contribution >= 4 is 23.0 Å². The highest BCUT2D eigenvalue weighted by atomic mass is 32.1. The number of Topliss-reactive ketones (excluding diaryl/α,β-unsaturated/α-hetero) is 1. The number of thiophene rings is 1. The van der Waals surface area contributed by atoms with E-state index in [1.807, 2.05) is 47.8 Å². The Bertz CT molecular complexity index is 795. The zero-order chi connectivity index (χ0) is 17.5. The molecule has 4 nitrogen and oxygen atoms in total. The molecule has 2 heterocycles. The van der Waals surface area contributed by atoms with Crippen LogP contribution in [0, 0.1) is 0 Å². The molecule has 0 unspecified atom stereocenters. The molecule has 0 bridgehead atoms. The molecule has 1 aromatic carbocycles. The smallest absolute Gasteiger partial charge is 0.223 e. The van der Waals surface area contributed by atoms with Gasteiger partial charge in [-0.25, -0.2) is 0 Å². The fourth-order valence-corrected chi connectivity index (χ4v) is 3.26. The van der Waals surface area contributed by atoms with Crippen LogP contribution in [-0.2, 0) is 17.9 Å². The van der Waals surface area contributed by atoms with Crippen LogP contribution in [0.5, 0.6) is 0 Å². The second-order valence-electron chi connectivity index (χ2n) is 5.72. The zero-order valence-corrected chi connectivity index (χ0v) is 14.6. The van der Waals surface area contributed by atoms with Crippen LogP contribution >= 0.6 is 11.3 Å². The van der Waals surface area contributed by atoms with Crippen molar-refractivity contribution in [1.82, 2.24) is 4.90 Å². The Morgan fingerprint density at radius 1 is 0.920 bits per heavy atom. The molecule has 0 saturated heterocycles. The highest BCUT2D eigenvalue weighted by Gasteiger charge is 2.18. The van der Waals surface area contributed by atoms with E-state index in [-0.39, 0.29) is 24.5 Å². The summed E-state index contributed by atoms with van der Waals surface area (Å²) in [6, 6.07) is 17.1. The van der Waals surface area contributed by atoms with E-state index in [0.717, 1.165) is 11.3 Å². The van der Waals surface area contributed by atoms with Crippen LogP contribution in [0.25, 0.3) is 0 Å². The number of carbonyl (C=O) groups is 2. The molecule has 128 valence electrons. The van der Waals surface area contributed by atoms with Crippen LogP contribution in [0.1, 0.15) is 33.8 Å². The second kappa shape index (κ2) is 8.44. The largest absolute Gasteiger partial charge is 0.467 e. The maximum atomic E-state index is 12.7. The number of nitrogens with zero attached hydrogens (tertiary/aromatic N) is 1. The number of carbonyl (C=O) groups excluding carboxylic acids is 2. The molecule has 0 radical (unpaired) electrons. The van der Waals surface area contributed by atoms with E-state index in [9.17, 15) is 9.59 Å².